The number of nitrogens with two attached hydrogens (primary N) is 1. The fourth-order valence-electron chi connectivity index (χ4n) is 1.28. The van der Waals surface area contributed by atoms with Gasteiger partial charge in [-0.1, -0.05) is 0 Å². The molecular weight excluding hydrogens is 226 g/mol. The molecule has 0 radical (unpaired) electrons. The van der Waals surface area contributed by atoms with E-state index in [9.17, 15) is 17.6 Å². The van der Waals surface area contributed by atoms with Crippen molar-refractivity contribution in [3.63, 3.8) is 0 Å². The number of rotatable bonds is 1. The molecule has 0 aliphatic heterocycles. The summed E-state index contributed by atoms with van der Waals surface area (Å²) in [5.41, 5.74) is 4.84. The van der Waals surface area contributed by atoms with Crippen molar-refractivity contribution in [2.45, 2.75) is 0 Å². The van der Waals surface area contributed by atoms with Gasteiger partial charge in [-0.2, -0.15) is 5.10 Å². The van der Waals surface area contributed by atoms with Crippen LogP contribution in [0.15, 0.2) is 12.3 Å². The molecule has 0 amide bonds. The zero-order chi connectivity index (χ0) is 11.9. The van der Waals surface area contributed by atoms with E-state index in [1.807, 2.05) is 0 Å². The van der Waals surface area contributed by atoms with Crippen LogP contribution in [0.2, 0.25) is 0 Å². The summed E-state index contributed by atoms with van der Waals surface area (Å²) in [5.74, 6) is -6.80. The minimum absolute atomic E-state index is 0.0321. The van der Waals surface area contributed by atoms with E-state index in [4.69, 9.17) is 5.73 Å². The van der Waals surface area contributed by atoms with Crippen LogP contribution in [0.5, 0.6) is 0 Å². The molecule has 0 saturated carbocycles. The molecule has 2 aromatic rings. The molecule has 0 saturated heterocycles. The number of hydrogen-bond acceptors (Lipinski definition) is 2. The van der Waals surface area contributed by atoms with Crippen molar-refractivity contribution in [3.8, 4) is 11.1 Å². The molecule has 84 valence electrons. The lowest BCUT2D eigenvalue weighted by Gasteiger charge is -2.04. The second-order valence-corrected chi connectivity index (χ2v) is 3.05. The maximum Gasteiger partial charge on any atom is 0.198 e. The Balaban J connectivity index is 2.72. The molecule has 0 atom stereocenters. The summed E-state index contributed by atoms with van der Waals surface area (Å²) >= 11 is 0. The standard InChI is InChI=1S/C9H5F4N3/c10-5-1-3(4-2-15-16-9(4)14)6(11)8(13)7(5)12/h1-2H,(H3,14,15,16). The number of H-pyrrole nitrogens is 1. The van der Waals surface area contributed by atoms with Gasteiger partial charge in [0, 0.05) is 11.1 Å². The molecule has 0 bridgehead atoms. The van der Waals surface area contributed by atoms with Crippen molar-refractivity contribution in [2.24, 2.45) is 0 Å². The molecule has 0 unspecified atom stereocenters. The largest absolute Gasteiger partial charge is 0.384 e. The van der Waals surface area contributed by atoms with Crippen LogP contribution in [0.25, 0.3) is 11.1 Å². The highest BCUT2D eigenvalue weighted by molar-refractivity contribution is 5.73. The predicted octanol–water partition coefficient (Wildman–Crippen LogP) is 2.22. The smallest absolute Gasteiger partial charge is 0.198 e. The Labute approximate surface area is 86.9 Å². The quantitative estimate of drug-likeness (QED) is 0.449. The van der Waals surface area contributed by atoms with Gasteiger partial charge in [-0.15, -0.1) is 0 Å². The number of nitrogens with one attached hydrogen (secondary N) is 1. The average molecular weight is 231 g/mol. The summed E-state index contributed by atoms with van der Waals surface area (Å²) in [4.78, 5) is 0. The molecule has 0 aliphatic rings. The van der Waals surface area contributed by atoms with Crippen molar-refractivity contribution in [1.29, 1.82) is 0 Å². The molecule has 16 heavy (non-hydrogen) atoms. The van der Waals surface area contributed by atoms with Crippen LogP contribution in [0.4, 0.5) is 23.4 Å². The third kappa shape index (κ3) is 1.40. The van der Waals surface area contributed by atoms with Gasteiger partial charge in [0.1, 0.15) is 5.82 Å². The highest BCUT2D eigenvalue weighted by Crippen LogP contribution is 2.30. The molecule has 2 rings (SSSR count). The first-order chi connectivity index (χ1) is 7.52. The van der Waals surface area contributed by atoms with E-state index in [1.54, 1.807) is 0 Å². The Morgan fingerprint density at radius 1 is 1.00 bits per heavy atom. The number of benzene rings is 1. The highest BCUT2D eigenvalue weighted by atomic mass is 19.2. The summed E-state index contributed by atoms with van der Waals surface area (Å²) in [7, 11) is 0. The second kappa shape index (κ2) is 3.51. The van der Waals surface area contributed by atoms with Gasteiger partial charge >= 0.3 is 0 Å². The Morgan fingerprint density at radius 2 is 1.69 bits per heavy atom. The zero-order valence-corrected chi connectivity index (χ0v) is 7.69. The summed E-state index contributed by atoms with van der Waals surface area (Å²) < 4.78 is 51.8. The Kier molecular flexibility index (Phi) is 2.30. The summed E-state index contributed by atoms with van der Waals surface area (Å²) in [6, 6.07) is 0.523. The number of halogens is 4. The van der Waals surface area contributed by atoms with Crippen LogP contribution in [0, 0.1) is 23.3 Å². The van der Waals surface area contributed by atoms with Gasteiger partial charge in [0.25, 0.3) is 0 Å². The Hall–Kier alpha value is -2.05. The lowest BCUT2D eigenvalue weighted by molar-refractivity contribution is 0.411. The van der Waals surface area contributed by atoms with Gasteiger partial charge in [0.15, 0.2) is 23.3 Å². The van der Waals surface area contributed by atoms with Gasteiger partial charge < -0.3 is 5.73 Å². The third-order valence-electron chi connectivity index (χ3n) is 2.06. The van der Waals surface area contributed by atoms with Crippen molar-refractivity contribution < 1.29 is 17.6 Å². The number of anilines is 1. The van der Waals surface area contributed by atoms with Crippen molar-refractivity contribution >= 4 is 5.82 Å². The number of aromatic nitrogens is 2. The summed E-state index contributed by atoms with van der Waals surface area (Å²) in [6.45, 7) is 0. The minimum atomic E-state index is -1.88. The normalized spacial score (nSPS) is 10.8. The van der Waals surface area contributed by atoms with E-state index in [-0.39, 0.29) is 11.4 Å². The highest BCUT2D eigenvalue weighted by Gasteiger charge is 2.21. The summed E-state index contributed by atoms with van der Waals surface area (Å²) in [5, 5.41) is 5.74. The minimum Gasteiger partial charge on any atom is -0.384 e. The fraction of sp³-hybridized carbons (Fsp3) is 0. The molecule has 1 heterocycles. The first-order valence-corrected chi connectivity index (χ1v) is 4.14. The molecule has 7 heteroatoms. The van der Waals surface area contributed by atoms with Crippen LogP contribution >= 0.6 is 0 Å². The van der Waals surface area contributed by atoms with E-state index in [2.05, 4.69) is 10.2 Å². The fourth-order valence-corrected chi connectivity index (χ4v) is 1.28. The van der Waals surface area contributed by atoms with E-state index in [1.165, 1.54) is 0 Å². The molecule has 0 aliphatic carbocycles. The van der Waals surface area contributed by atoms with Crippen molar-refractivity contribution in [3.05, 3.63) is 35.5 Å². The number of nitrogen functional groups attached to an aromatic ring is 1. The Bertz CT molecular complexity index is 550. The molecule has 1 aromatic heterocycles. The van der Waals surface area contributed by atoms with Crippen LogP contribution in [0.3, 0.4) is 0 Å². The number of nitrogens with zero attached hydrogens (tertiary/aromatic N) is 1. The Morgan fingerprint density at radius 3 is 2.25 bits per heavy atom. The topological polar surface area (TPSA) is 54.7 Å². The van der Waals surface area contributed by atoms with Gasteiger partial charge in [-0.25, -0.2) is 17.6 Å². The van der Waals surface area contributed by atoms with E-state index in [0.29, 0.717) is 6.07 Å². The SMILES string of the molecule is Nc1[nH]ncc1-c1cc(F)c(F)c(F)c1F. The van der Waals surface area contributed by atoms with Crippen LogP contribution in [-0.2, 0) is 0 Å². The molecular formula is C9H5F4N3. The molecule has 0 spiro atoms. The van der Waals surface area contributed by atoms with Crippen LogP contribution in [0.1, 0.15) is 0 Å². The second-order valence-electron chi connectivity index (χ2n) is 3.05. The zero-order valence-electron chi connectivity index (χ0n) is 7.69. The molecule has 3 nitrogen and oxygen atoms in total. The van der Waals surface area contributed by atoms with Crippen LogP contribution in [-0.4, -0.2) is 10.2 Å². The third-order valence-corrected chi connectivity index (χ3v) is 2.06. The van der Waals surface area contributed by atoms with Crippen molar-refractivity contribution in [1.82, 2.24) is 10.2 Å². The monoisotopic (exact) mass is 231 g/mol. The van der Waals surface area contributed by atoms with E-state index in [0.717, 1.165) is 6.20 Å². The molecule has 1 aromatic carbocycles. The maximum absolute atomic E-state index is 13.3. The predicted molar refractivity (Wildman–Crippen MR) is 48.3 cm³/mol. The average Bonchev–Trinajstić information content (AvgIpc) is 2.67. The number of hydrogen-bond donors (Lipinski definition) is 2. The van der Waals surface area contributed by atoms with Crippen LogP contribution < -0.4 is 5.73 Å². The van der Waals surface area contributed by atoms with Gasteiger partial charge in [0.05, 0.1) is 6.20 Å². The number of aromatic amines is 1. The van der Waals surface area contributed by atoms with Gasteiger partial charge in [0.2, 0.25) is 0 Å². The van der Waals surface area contributed by atoms with Gasteiger partial charge in [-0.05, 0) is 6.07 Å². The molecule has 3 N–H and O–H groups in total. The summed E-state index contributed by atoms with van der Waals surface area (Å²) in [6.07, 6.45) is 1.09. The van der Waals surface area contributed by atoms with E-state index >= 15 is 0 Å². The van der Waals surface area contributed by atoms with E-state index < -0.39 is 28.8 Å². The maximum atomic E-state index is 13.3. The first-order valence-electron chi connectivity index (χ1n) is 4.14. The van der Waals surface area contributed by atoms with Gasteiger partial charge in [-0.3, -0.25) is 5.10 Å². The lowest BCUT2D eigenvalue weighted by atomic mass is 10.1. The first kappa shape index (κ1) is 10.5. The van der Waals surface area contributed by atoms with Crippen molar-refractivity contribution in [2.75, 3.05) is 5.73 Å². The molecule has 0 fully saturated rings. The lowest BCUT2D eigenvalue weighted by Crippen LogP contribution is -1.99.